The lowest BCUT2D eigenvalue weighted by atomic mass is 10.0. The highest BCUT2D eigenvalue weighted by atomic mass is 16.5. The summed E-state index contributed by atoms with van der Waals surface area (Å²) in [7, 11) is 0. The van der Waals surface area contributed by atoms with Gasteiger partial charge in [-0.2, -0.15) is 0 Å². The molecule has 1 fully saturated rings. The second-order valence-corrected chi connectivity index (χ2v) is 5.18. The van der Waals surface area contributed by atoms with Gasteiger partial charge in [-0.15, -0.1) is 0 Å². The Hall–Kier alpha value is -1.39. The van der Waals surface area contributed by atoms with Gasteiger partial charge in [-0.25, -0.2) is 0 Å². The molecule has 4 nitrogen and oxygen atoms in total. The van der Waals surface area contributed by atoms with E-state index in [1.54, 1.807) is 0 Å². The van der Waals surface area contributed by atoms with E-state index in [1.165, 1.54) is 0 Å². The number of hydrogen-bond donors (Lipinski definition) is 2. The van der Waals surface area contributed by atoms with Crippen molar-refractivity contribution >= 4 is 5.91 Å². The summed E-state index contributed by atoms with van der Waals surface area (Å²) in [4.78, 5) is 11.9. The fourth-order valence-electron chi connectivity index (χ4n) is 2.35. The fraction of sp³-hybridized carbons (Fsp3) is 0.533. The predicted octanol–water partition coefficient (Wildman–Crippen LogP) is 1.76. The van der Waals surface area contributed by atoms with Gasteiger partial charge in [0.1, 0.15) is 6.10 Å². The van der Waals surface area contributed by atoms with Gasteiger partial charge in [0.25, 0.3) is 0 Å². The van der Waals surface area contributed by atoms with Crippen LogP contribution in [0, 0.1) is 0 Å². The molecule has 1 aromatic rings. The smallest absolute Gasteiger partial charge is 0.220 e. The van der Waals surface area contributed by atoms with E-state index in [-0.39, 0.29) is 24.1 Å². The quantitative estimate of drug-likeness (QED) is 0.850. The summed E-state index contributed by atoms with van der Waals surface area (Å²) in [6.45, 7) is 2.61. The highest BCUT2D eigenvalue weighted by Crippen LogP contribution is 2.28. The van der Waals surface area contributed by atoms with Crippen LogP contribution in [0.5, 0.6) is 0 Å². The minimum atomic E-state index is -0.0274. The molecule has 0 aromatic heterocycles. The van der Waals surface area contributed by atoms with Crippen molar-refractivity contribution in [3.8, 4) is 0 Å². The van der Waals surface area contributed by atoms with Gasteiger partial charge in [0, 0.05) is 19.1 Å². The topological polar surface area (TPSA) is 64.4 Å². The molecule has 0 saturated carbocycles. The van der Waals surface area contributed by atoms with Crippen LogP contribution in [-0.4, -0.2) is 24.6 Å². The van der Waals surface area contributed by atoms with E-state index >= 15 is 0 Å². The van der Waals surface area contributed by atoms with Crippen LogP contribution in [0.15, 0.2) is 30.3 Å². The summed E-state index contributed by atoms with van der Waals surface area (Å²) in [5.41, 5.74) is 6.79. The number of ether oxygens (including phenoxy) is 1. The second-order valence-electron chi connectivity index (χ2n) is 5.18. The van der Waals surface area contributed by atoms with Crippen LogP contribution >= 0.6 is 0 Å². The van der Waals surface area contributed by atoms with Gasteiger partial charge in [0.05, 0.1) is 6.04 Å². The molecule has 3 N–H and O–H groups in total. The molecule has 0 radical (unpaired) electrons. The van der Waals surface area contributed by atoms with Gasteiger partial charge in [0.2, 0.25) is 5.91 Å². The first kappa shape index (κ1) is 14.0. The van der Waals surface area contributed by atoms with Crippen molar-refractivity contribution in [3.63, 3.8) is 0 Å². The Morgan fingerprint density at radius 3 is 2.89 bits per heavy atom. The molecular formula is C15H22N2O2. The van der Waals surface area contributed by atoms with Gasteiger partial charge in [-0.1, -0.05) is 30.3 Å². The Bertz CT molecular complexity index is 406. The maximum atomic E-state index is 11.9. The third-order valence-electron chi connectivity index (χ3n) is 3.39. The largest absolute Gasteiger partial charge is 0.371 e. The Morgan fingerprint density at radius 1 is 1.47 bits per heavy atom. The third kappa shape index (κ3) is 4.04. The molecule has 1 aromatic carbocycles. The lowest BCUT2D eigenvalue weighted by molar-refractivity contribution is -0.122. The first-order valence-electron chi connectivity index (χ1n) is 6.88. The van der Waals surface area contributed by atoms with Crippen LogP contribution in [0.3, 0.4) is 0 Å². The van der Waals surface area contributed by atoms with Crippen molar-refractivity contribution in [2.24, 2.45) is 5.73 Å². The SMILES string of the molecule is CC(N)CCC(=O)NC1CCOC1c1ccccc1. The van der Waals surface area contributed by atoms with E-state index in [0.717, 1.165) is 18.4 Å². The van der Waals surface area contributed by atoms with Crippen molar-refractivity contribution in [3.05, 3.63) is 35.9 Å². The van der Waals surface area contributed by atoms with E-state index in [0.29, 0.717) is 13.0 Å². The number of benzene rings is 1. The zero-order valence-corrected chi connectivity index (χ0v) is 11.3. The fourth-order valence-corrected chi connectivity index (χ4v) is 2.35. The number of amides is 1. The Morgan fingerprint density at radius 2 is 2.21 bits per heavy atom. The van der Waals surface area contributed by atoms with Crippen LogP contribution in [-0.2, 0) is 9.53 Å². The summed E-state index contributed by atoms with van der Waals surface area (Å²) in [5, 5.41) is 3.06. The van der Waals surface area contributed by atoms with E-state index in [2.05, 4.69) is 5.32 Å². The van der Waals surface area contributed by atoms with E-state index in [9.17, 15) is 4.79 Å². The van der Waals surface area contributed by atoms with Crippen LogP contribution in [0.1, 0.15) is 37.9 Å². The van der Waals surface area contributed by atoms with Gasteiger partial charge < -0.3 is 15.8 Å². The zero-order chi connectivity index (χ0) is 13.7. The summed E-state index contributed by atoms with van der Waals surface area (Å²) >= 11 is 0. The number of nitrogens with two attached hydrogens (primary N) is 1. The van der Waals surface area contributed by atoms with E-state index in [4.69, 9.17) is 10.5 Å². The number of carbonyl (C=O) groups is 1. The minimum absolute atomic E-state index is 0.0274. The summed E-state index contributed by atoms with van der Waals surface area (Å²) in [5.74, 6) is 0.0636. The molecule has 2 rings (SSSR count). The molecule has 104 valence electrons. The third-order valence-corrected chi connectivity index (χ3v) is 3.39. The molecule has 1 saturated heterocycles. The second kappa shape index (κ2) is 6.68. The molecule has 3 unspecified atom stereocenters. The first-order valence-corrected chi connectivity index (χ1v) is 6.88. The highest BCUT2D eigenvalue weighted by Gasteiger charge is 2.30. The van der Waals surface area contributed by atoms with Gasteiger partial charge in [-0.3, -0.25) is 4.79 Å². The standard InChI is InChI=1S/C15H22N2O2/c1-11(16)7-8-14(18)17-13-9-10-19-15(13)12-5-3-2-4-6-12/h2-6,11,13,15H,7-10,16H2,1H3,(H,17,18). The average Bonchev–Trinajstić information content (AvgIpc) is 2.85. The zero-order valence-electron chi connectivity index (χ0n) is 11.3. The monoisotopic (exact) mass is 262 g/mol. The number of rotatable bonds is 5. The summed E-state index contributed by atoms with van der Waals surface area (Å²) in [6, 6.07) is 10.2. The van der Waals surface area contributed by atoms with Crippen LogP contribution < -0.4 is 11.1 Å². The van der Waals surface area contributed by atoms with Crippen molar-refractivity contribution in [2.45, 2.75) is 44.4 Å². The Labute approximate surface area is 114 Å². The maximum Gasteiger partial charge on any atom is 0.220 e. The Kier molecular flexibility index (Phi) is 4.93. The molecule has 1 heterocycles. The van der Waals surface area contributed by atoms with E-state index < -0.39 is 0 Å². The van der Waals surface area contributed by atoms with Crippen LogP contribution in [0.2, 0.25) is 0 Å². The molecule has 1 aliphatic heterocycles. The highest BCUT2D eigenvalue weighted by molar-refractivity contribution is 5.76. The minimum Gasteiger partial charge on any atom is -0.371 e. The number of nitrogens with one attached hydrogen (secondary N) is 1. The molecule has 1 amide bonds. The average molecular weight is 262 g/mol. The lowest BCUT2D eigenvalue weighted by Crippen LogP contribution is -2.37. The summed E-state index contributed by atoms with van der Waals surface area (Å²) in [6.07, 6.45) is 2.04. The molecular weight excluding hydrogens is 240 g/mol. The van der Waals surface area contributed by atoms with Crippen LogP contribution in [0.25, 0.3) is 0 Å². The van der Waals surface area contributed by atoms with Crippen molar-refractivity contribution in [1.82, 2.24) is 5.32 Å². The Balaban J connectivity index is 1.91. The summed E-state index contributed by atoms with van der Waals surface area (Å²) < 4.78 is 5.74. The molecule has 4 heteroatoms. The van der Waals surface area contributed by atoms with Crippen molar-refractivity contribution in [1.29, 1.82) is 0 Å². The van der Waals surface area contributed by atoms with Gasteiger partial charge >= 0.3 is 0 Å². The molecule has 0 bridgehead atoms. The van der Waals surface area contributed by atoms with Gasteiger partial charge in [-0.05, 0) is 25.3 Å². The van der Waals surface area contributed by atoms with E-state index in [1.807, 2.05) is 37.3 Å². The molecule has 19 heavy (non-hydrogen) atoms. The molecule has 3 atom stereocenters. The van der Waals surface area contributed by atoms with Crippen LogP contribution in [0.4, 0.5) is 0 Å². The normalized spacial score (nSPS) is 24.1. The van der Waals surface area contributed by atoms with Crippen molar-refractivity contribution < 1.29 is 9.53 Å². The molecule has 0 aliphatic carbocycles. The van der Waals surface area contributed by atoms with Gasteiger partial charge in [0.15, 0.2) is 0 Å². The number of carbonyl (C=O) groups excluding carboxylic acids is 1. The predicted molar refractivity (Wildman–Crippen MR) is 74.6 cm³/mol. The lowest BCUT2D eigenvalue weighted by Gasteiger charge is -2.20. The maximum absolute atomic E-state index is 11.9. The molecule has 0 spiro atoms. The van der Waals surface area contributed by atoms with Crippen molar-refractivity contribution in [2.75, 3.05) is 6.61 Å². The first-order chi connectivity index (χ1) is 9.16. The molecule has 1 aliphatic rings. The number of hydrogen-bond acceptors (Lipinski definition) is 3.